The van der Waals surface area contributed by atoms with E-state index in [9.17, 15) is 4.79 Å². The monoisotopic (exact) mass is 337 g/mol. The molecule has 0 unspecified atom stereocenters. The van der Waals surface area contributed by atoms with Gasteiger partial charge in [-0.15, -0.1) is 0 Å². The minimum atomic E-state index is -0.182. The summed E-state index contributed by atoms with van der Waals surface area (Å²) >= 11 is 0. The van der Waals surface area contributed by atoms with Crippen molar-refractivity contribution in [2.45, 2.75) is 46.6 Å². The fourth-order valence-corrected chi connectivity index (χ4v) is 3.34. The minimum absolute atomic E-state index is 0.0470. The van der Waals surface area contributed by atoms with Crippen LogP contribution in [0.4, 0.5) is 4.79 Å². The van der Waals surface area contributed by atoms with Crippen LogP contribution in [0.1, 0.15) is 52.4 Å². The predicted octanol–water partition coefficient (Wildman–Crippen LogP) is 2.36. The van der Waals surface area contributed by atoms with E-state index in [-0.39, 0.29) is 12.1 Å². The Labute approximate surface area is 144 Å². The van der Waals surface area contributed by atoms with E-state index in [0.29, 0.717) is 37.6 Å². The third kappa shape index (κ3) is 5.19. The lowest BCUT2D eigenvalue weighted by molar-refractivity contribution is 0.00739. The van der Waals surface area contributed by atoms with E-state index >= 15 is 0 Å². The Bertz CT molecular complexity index is 537. The van der Waals surface area contributed by atoms with Crippen molar-refractivity contribution < 1.29 is 9.53 Å². The molecule has 24 heavy (non-hydrogen) atoms. The summed E-state index contributed by atoms with van der Waals surface area (Å²) in [7, 11) is 1.83. The first-order chi connectivity index (χ1) is 11.3. The molecular formula is C17H31N5O2. The van der Waals surface area contributed by atoms with E-state index in [4.69, 9.17) is 4.74 Å². The zero-order valence-corrected chi connectivity index (χ0v) is 15.6. The second-order valence-electron chi connectivity index (χ2n) is 7.92. The highest BCUT2D eigenvalue weighted by atomic mass is 16.5. The number of urea groups is 1. The average molecular weight is 337 g/mol. The Kier molecular flexibility index (Phi) is 6.21. The summed E-state index contributed by atoms with van der Waals surface area (Å²) in [5.41, 5.74) is 0.323. The van der Waals surface area contributed by atoms with Gasteiger partial charge in [-0.25, -0.2) is 9.78 Å². The minimum Gasteiger partial charge on any atom is -0.377 e. The van der Waals surface area contributed by atoms with Gasteiger partial charge >= 0.3 is 6.03 Å². The maximum Gasteiger partial charge on any atom is 0.318 e. The molecule has 0 bridgehead atoms. The molecule has 7 nitrogen and oxygen atoms in total. The van der Waals surface area contributed by atoms with Crippen LogP contribution in [0.3, 0.4) is 0 Å². The standard InChI is InChI=1S/C17H31N5O2/c1-13(10-17(2,3)4)6-7-18-16(23)22-8-9-24-11-14(22)15-19-12-20-21(15)5/h12-14H,6-11H2,1-5H3,(H,18,23)/t13-,14-/m1/s1. The number of amides is 2. The molecule has 0 radical (unpaired) electrons. The number of hydrogen-bond acceptors (Lipinski definition) is 4. The number of aromatic nitrogens is 3. The van der Waals surface area contributed by atoms with Crippen LogP contribution >= 0.6 is 0 Å². The van der Waals surface area contributed by atoms with E-state index in [0.717, 1.165) is 18.7 Å². The normalized spacial score (nSPS) is 20.0. The lowest BCUT2D eigenvalue weighted by Gasteiger charge is -2.34. The molecule has 2 heterocycles. The molecule has 2 amide bonds. The van der Waals surface area contributed by atoms with Gasteiger partial charge in [0.25, 0.3) is 0 Å². The van der Waals surface area contributed by atoms with Gasteiger partial charge in [0.05, 0.1) is 13.2 Å². The molecule has 1 saturated heterocycles. The number of nitrogens with one attached hydrogen (secondary N) is 1. The third-order valence-electron chi connectivity index (χ3n) is 4.31. The molecule has 0 aromatic carbocycles. The van der Waals surface area contributed by atoms with E-state index in [2.05, 4.69) is 43.1 Å². The fraction of sp³-hybridized carbons (Fsp3) is 0.824. The molecule has 0 aliphatic carbocycles. The molecule has 1 aromatic rings. The maximum atomic E-state index is 12.6. The summed E-state index contributed by atoms with van der Waals surface area (Å²) in [6.45, 7) is 11.3. The van der Waals surface area contributed by atoms with Crippen molar-refractivity contribution in [1.29, 1.82) is 0 Å². The molecule has 1 fully saturated rings. The number of ether oxygens (including phenoxy) is 1. The summed E-state index contributed by atoms with van der Waals surface area (Å²) in [5.74, 6) is 1.34. The zero-order chi connectivity index (χ0) is 17.7. The van der Waals surface area contributed by atoms with Crippen LogP contribution in [0.2, 0.25) is 0 Å². The zero-order valence-electron chi connectivity index (χ0n) is 15.6. The van der Waals surface area contributed by atoms with Crippen LogP contribution in [-0.4, -0.2) is 52.0 Å². The lowest BCUT2D eigenvalue weighted by atomic mass is 9.84. The van der Waals surface area contributed by atoms with Crippen LogP contribution in [0.5, 0.6) is 0 Å². The number of aryl methyl sites for hydroxylation is 1. The van der Waals surface area contributed by atoms with Crippen LogP contribution in [0, 0.1) is 11.3 Å². The van der Waals surface area contributed by atoms with Gasteiger partial charge in [0.2, 0.25) is 0 Å². The Morgan fingerprint density at radius 2 is 2.25 bits per heavy atom. The highest BCUT2D eigenvalue weighted by molar-refractivity contribution is 5.74. The van der Waals surface area contributed by atoms with Crippen molar-refractivity contribution in [3.8, 4) is 0 Å². The summed E-state index contributed by atoms with van der Waals surface area (Å²) < 4.78 is 7.24. The van der Waals surface area contributed by atoms with Gasteiger partial charge < -0.3 is 15.0 Å². The topological polar surface area (TPSA) is 72.3 Å². The van der Waals surface area contributed by atoms with E-state index in [1.165, 1.54) is 6.33 Å². The van der Waals surface area contributed by atoms with Gasteiger partial charge in [-0.2, -0.15) is 5.10 Å². The van der Waals surface area contributed by atoms with Crippen molar-refractivity contribution in [3.05, 3.63) is 12.2 Å². The Balaban J connectivity index is 1.87. The summed E-state index contributed by atoms with van der Waals surface area (Å²) in [4.78, 5) is 18.7. The van der Waals surface area contributed by atoms with Crippen molar-refractivity contribution in [3.63, 3.8) is 0 Å². The van der Waals surface area contributed by atoms with Crippen LogP contribution < -0.4 is 5.32 Å². The molecule has 136 valence electrons. The van der Waals surface area contributed by atoms with Gasteiger partial charge in [-0.1, -0.05) is 27.7 Å². The lowest BCUT2D eigenvalue weighted by Crippen LogP contribution is -2.49. The quantitative estimate of drug-likeness (QED) is 0.895. The number of carbonyl (C=O) groups excluding carboxylic acids is 1. The van der Waals surface area contributed by atoms with Gasteiger partial charge in [-0.05, 0) is 24.2 Å². The van der Waals surface area contributed by atoms with Gasteiger partial charge in [0.15, 0.2) is 5.82 Å². The Morgan fingerprint density at radius 1 is 1.50 bits per heavy atom. The first-order valence-corrected chi connectivity index (χ1v) is 8.74. The highest BCUT2D eigenvalue weighted by Crippen LogP contribution is 2.26. The SMILES string of the molecule is C[C@H](CCNC(=O)N1CCOC[C@@H]1c1ncnn1C)CC(C)(C)C. The largest absolute Gasteiger partial charge is 0.377 e. The molecule has 2 rings (SSSR count). The van der Waals surface area contributed by atoms with Crippen molar-refractivity contribution in [1.82, 2.24) is 25.0 Å². The summed E-state index contributed by atoms with van der Waals surface area (Å²) in [6.07, 6.45) is 3.65. The van der Waals surface area contributed by atoms with E-state index < -0.39 is 0 Å². The molecular weight excluding hydrogens is 306 g/mol. The van der Waals surface area contributed by atoms with E-state index in [1.54, 1.807) is 4.68 Å². The number of nitrogens with zero attached hydrogens (tertiary/aromatic N) is 4. The first-order valence-electron chi connectivity index (χ1n) is 8.74. The Hall–Kier alpha value is -1.63. The van der Waals surface area contributed by atoms with Crippen LogP contribution in [0.25, 0.3) is 0 Å². The summed E-state index contributed by atoms with van der Waals surface area (Å²) in [6, 6.07) is -0.229. The third-order valence-corrected chi connectivity index (χ3v) is 4.31. The van der Waals surface area contributed by atoms with Crippen molar-refractivity contribution in [2.75, 3.05) is 26.3 Å². The number of morpholine rings is 1. The highest BCUT2D eigenvalue weighted by Gasteiger charge is 2.31. The second-order valence-corrected chi connectivity index (χ2v) is 7.92. The summed E-state index contributed by atoms with van der Waals surface area (Å²) in [5, 5.41) is 7.15. The number of rotatable bonds is 5. The molecule has 1 aliphatic heterocycles. The van der Waals surface area contributed by atoms with Crippen LogP contribution in [0.15, 0.2) is 6.33 Å². The number of hydrogen-bond donors (Lipinski definition) is 1. The molecule has 1 aromatic heterocycles. The second kappa shape index (κ2) is 7.96. The van der Waals surface area contributed by atoms with Crippen molar-refractivity contribution in [2.24, 2.45) is 18.4 Å². The van der Waals surface area contributed by atoms with Gasteiger partial charge in [-0.3, -0.25) is 4.68 Å². The molecule has 1 aliphatic rings. The predicted molar refractivity (Wildman–Crippen MR) is 92.5 cm³/mol. The average Bonchev–Trinajstić information content (AvgIpc) is 2.91. The molecule has 0 saturated carbocycles. The molecule has 2 atom stereocenters. The Morgan fingerprint density at radius 3 is 2.88 bits per heavy atom. The van der Waals surface area contributed by atoms with Gasteiger partial charge in [0, 0.05) is 20.1 Å². The molecule has 0 spiro atoms. The van der Waals surface area contributed by atoms with Gasteiger partial charge in [0.1, 0.15) is 12.4 Å². The maximum absolute atomic E-state index is 12.6. The van der Waals surface area contributed by atoms with Crippen molar-refractivity contribution >= 4 is 6.03 Å². The molecule has 1 N–H and O–H groups in total. The molecule has 7 heteroatoms. The smallest absolute Gasteiger partial charge is 0.318 e. The fourth-order valence-electron chi connectivity index (χ4n) is 3.34. The number of carbonyl (C=O) groups is 1. The van der Waals surface area contributed by atoms with E-state index in [1.807, 2.05) is 11.9 Å². The first kappa shape index (κ1) is 18.7. The van der Waals surface area contributed by atoms with Crippen LogP contribution in [-0.2, 0) is 11.8 Å².